The largest absolute Gasteiger partial charge is 0.399 e. The molecule has 0 unspecified atom stereocenters. The number of nitrogens with zero attached hydrogens (tertiary/aromatic N) is 2. The molecule has 1 heterocycles. The molecule has 1 rings (SSSR count). The Morgan fingerprint density at radius 3 is 2.92 bits per heavy atom. The van der Waals surface area contributed by atoms with Crippen molar-refractivity contribution in [3.05, 3.63) is 29.0 Å². The monoisotopic (exact) mass is 184 g/mol. The quantitative estimate of drug-likeness (QED) is 0.401. The maximum absolute atomic E-state index is 5.68. The highest BCUT2D eigenvalue weighted by Gasteiger charge is 1.99. The summed E-state index contributed by atoms with van der Waals surface area (Å²) in [5, 5.41) is 4.19. The van der Waals surface area contributed by atoms with E-state index in [0.717, 1.165) is 5.69 Å². The molecule has 3 nitrogen and oxygen atoms in total. The lowest BCUT2D eigenvalue weighted by Crippen LogP contribution is -1.98. The van der Waals surface area contributed by atoms with Crippen LogP contribution in [-0.4, -0.2) is 17.8 Å². The normalized spacial score (nSPS) is 11.4. The van der Waals surface area contributed by atoms with Gasteiger partial charge >= 0.3 is 0 Å². The van der Waals surface area contributed by atoms with Gasteiger partial charge in [-0.25, -0.2) is 4.98 Å². The first-order valence-electron chi connectivity index (χ1n) is 3.44. The fourth-order valence-electron chi connectivity index (χ4n) is 0.793. The van der Waals surface area contributed by atoms with Crippen molar-refractivity contribution in [2.75, 3.05) is 7.11 Å². The van der Waals surface area contributed by atoms with Crippen molar-refractivity contribution < 1.29 is 4.84 Å². The third kappa shape index (κ3) is 2.20. The van der Waals surface area contributed by atoms with Gasteiger partial charge in [0.25, 0.3) is 0 Å². The van der Waals surface area contributed by atoms with Crippen LogP contribution in [0.25, 0.3) is 0 Å². The number of pyridine rings is 1. The third-order valence-corrected chi connectivity index (χ3v) is 1.52. The van der Waals surface area contributed by atoms with Crippen LogP contribution in [0, 0.1) is 0 Å². The van der Waals surface area contributed by atoms with Crippen molar-refractivity contribution in [3.63, 3.8) is 0 Å². The van der Waals surface area contributed by atoms with Gasteiger partial charge in [0.1, 0.15) is 18.0 Å². The fourth-order valence-corrected chi connectivity index (χ4v) is 0.957. The topological polar surface area (TPSA) is 34.5 Å². The SMILES string of the molecule is CO/N=C(\C)c1cccc(Cl)n1. The minimum Gasteiger partial charge on any atom is -0.399 e. The molecule has 0 atom stereocenters. The predicted molar refractivity (Wildman–Crippen MR) is 48.5 cm³/mol. The molecule has 0 aromatic carbocycles. The Hall–Kier alpha value is -1.09. The molecule has 0 fully saturated rings. The Bertz CT molecular complexity index is 299. The van der Waals surface area contributed by atoms with Gasteiger partial charge in [0.15, 0.2) is 0 Å². The molecular weight excluding hydrogens is 176 g/mol. The summed E-state index contributed by atoms with van der Waals surface area (Å²) in [6, 6.07) is 5.36. The van der Waals surface area contributed by atoms with E-state index in [2.05, 4.69) is 15.0 Å². The highest BCUT2D eigenvalue weighted by molar-refractivity contribution is 6.29. The van der Waals surface area contributed by atoms with Crippen LogP contribution in [-0.2, 0) is 4.84 Å². The zero-order chi connectivity index (χ0) is 8.97. The number of oxime groups is 1. The molecule has 0 saturated carbocycles. The van der Waals surface area contributed by atoms with Gasteiger partial charge in [-0.05, 0) is 19.1 Å². The molecule has 0 spiro atoms. The van der Waals surface area contributed by atoms with E-state index in [4.69, 9.17) is 11.6 Å². The van der Waals surface area contributed by atoms with Crippen LogP contribution in [0.3, 0.4) is 0 Å². The molecule has 12 heavy (non-hydrogen) atoms. The van der Waals surface area contributed by atoms with Crippen LogP contribution in [0.1, 0.15) is 12.6 Å². The van der Waals surface area contributed by atoms with E-state index < -0.39 is 0 Å². The van der Waals surface area contributed by atoms with E-state index >= 15 is 0 Å². The lowest BCUT2D eigenvalue weighted by atomic mass is 10.3. The number of hydrogen-bond donors (Lipinski definition) is 0. The summed E-state index contributed by atoms with van der Waals surface area (Å²) in [7, 11) is 1.49. The van der Waals surface area contributed by atoms with Crippen LogP contribution >= 0.6 is 11.6 Å². The van der Waals surface area contributed by atoms with E-state index in [1.807, 2.05) is 19.1 Å². The Balaban J connectivity index is 2.95. The number of halogens is 1. The minimum atomic E-state index is 0.457. The van der Waals surface area contributed by atoms with Crippen molar-refractivity contribution in [3.8, 4) is 0 Å². The summed E-state index contributed by atoms with van der Waals surface area (Å²) in [4.78, 5) is 8.65. The van der Waals surface area contributed by atoms with E-state index in [9.17, 15) is 0 Å². The second kappa shape index (κ2) is 4.07. The number of aromatic nitrogens is 1. The summed E-state index contributed by atoms with van der Waals surface area (Å²) in [5.74, 6) is 0. The Morgan fingerprint density at radius 2 is 2.33 bits per heavy atom. The van der Waals surface area contributed by atoms with Gasteiger partial charge in [0.2, 0.25) is 0 Å². The van der Waals surface area contributed by atoms with Gasteiger partial charge in [-0.2, -0.15) is 0 Å². The van der Waals surface area contributed by atoms with Crippen LogP contribution in [0.2, 0.25) is 5.15 Å². The molecule has 64 valence electrons. The van der Waals surface area contributed by atoms with E-state index in [1.165, 1.54) is 7.11 Å². The van der Waals surface area contributed by atoms with Crippen LogP contribution < -0.4 is 0 Å². The van der Waals surface area contributed by atoms with Crippen molar-refractivity contribution in [1.82, 2.24) is 4.98 Å². The Labute approximate surface area is 76.0 Å². The standard InChI is InChI=1S/C8H9ClN2O/c1-6(11-12-2)7-4-3-5-8(9)10-7/h3-5H,1-2H3/b11-6+. The van der Waals surface area contributed by atoms with Crippen molar-refractivity contribution >= 4 is 17.3 Å². The third-order valence-electron chi connectivity index (χ3n) is 1.31. The minimum absolute atomic E-state index is 0.457. The molecule has 1 aromatic heterocycles. The average Bonchev–Trinajstić information content (AvgIpc) is 2.05. The highest BCUT2D eigenvalue weighted by Crippen LogP contribution is 2.05. The summed E-state index contributed by atoms with van der Waals surface area (Å²) >= 11 is 5.68. The molecular formula is C8H9ClN2O. The van der Waals surface area contributed by atoms with Crippen molar-refractivity contribution in [2.45, 2.75) is 6.92 Å². The molecule has 0 N–H and O–H groups in total. The molecule has 0 aliphatic carbocycles. The maximum Gasteiger partial charge on any atom is 0.129 e. The zero-order valence-corrected chi connectivity index (χ0v) is 7.67. The molecule has 0 aliphatic rings. The number of rotatable bonds is 2. The first-order valence-corrected chi connectivity index (χ1v) is 3.82. The van der Waals surface area contributed by atoms with Crippen LogP contribution in [0.4, 0.5) is 0 Å². The van der Waals surface area contributed by atoms with E-state index in [1.54, 1.807) is 6.07 Å². The van der Waals surface area contributed by atoms with Gasteiger partial charge in [-0.3, -0.25) is 0 Å². The Morgan fingerprint density at radius 1 is 1.58 bits per heavy atom. The van der Waals surface area contributed by atoms with Gasteiger partial charge in [0.05, 0.1) is 5.69 Å². The lowest BCUT2D eigenvalue weighted by Gasteiger charge is -1.98. The second-order valence-electron chi connectivity index (χ2n) is 2.20. The smallest absolute Gasteiger partial charge is 0.129 e. The molecule has 0 amide bonds. The molecule has 0 saturated heterocycles. The van der Waals surface area contributed by atoms with Crippen molar-refractivity contribution in [1.29, 1.82) is 0 Å². The number of hydrogen-bond acceptors (Lipinski definition) is 3. The maximum atomic E-state index is 5.68. The summed E-state index contributed by atoms with van der Waals surface area (Å²) < 4.78 is 0. The molecule has 0 radical (unpaired) electrons. The van der Waals surface area contributed by atoms with Crippen molar-refractivity contribution in [2.24, 2.45) is 5.16 Å². The van der Waals surface area contributed by atoms with Gasteiger partial charge in [-0.1, -0.05) is 22.8 Å². The zero-order valence-electron chi connectivity index (χ0n) is 6.91. The van der Waals surface area contributed by atoms with E-state index in [0.29, 0.717) is 10.9 Å². The molecule has 4 heteroatoms. The molecule has 1 aromatic rings. The van der Waals surface area contributed by atoms with Gasteiger partial charge in [-0.15, -0.1) is 0 Å². The molecule has 0 bridgehead atoms. The fraction of sp³-hybridized carbons (Fsp3) is 0.250. The van der Waals surface area contributed by atoms with Crippen LogP contribution in [0.5, 0.6) is 0 Å². The van der Waals surface area contributed by atoms with Gasteiger partial charge in [0, 0.05) is 0 Å². The first-order chi connectivity index (χ1) is 5.74. The Kier molecular flexibility index (Phi) is 3.05. The summed E-state index contributed by atoms with van der Waals surface area (Å²) in [5.41, 5.74) is 1.43. The summed E-state index contributed by atoms with van der Waals surface area (Å²) in [6.07, 6.45) is 0. The van der Waals surface area contributed by atoms with E-state index in [-0.39, 0.29) is 0 Å². The first kappa shape index (κ1) is 9.00. The molecule has 0 aliphatic heterocycles. The van der Waals surface area contributed by atoms with Crippen LogP contribution in [0.15, 0.2) is 23.4 Å². The average molecular weight is 185 g/mol. The highest BCUT2D eigenvalue weighted by atomic mass is 35.5. The predicted octanol–water partition coefficient (Wildman–Crippen LogP) is 2.11. The lowest BCUT2D eigenvalue weighted by molar-refractivity contribution is 0.213. The van der Waals surface area contributed by atoms with Gasteiger partial charge < -0.3 is 4.84 Å². The summed E-state index contributed by atoms with van der Waals surface area (Å²) in [6.45, 7) is 1.81. The second-order valence-corrected chi connectivity index (χ2v) is 2.59.